The minimum Gasteiger partial charge on any atom is -0.338 e. The molecular weight excluding hydrogens is 224 g/mol. The van der Waals surface area contributed by atoms with Crippen LogP contribution in [0.15, 0.2) is 0 Å². The minimum atomic E-state index is 0.381. The largest absolute Gasteiger partial charge is 0.338 e. The zero-order chi connectivity index (χ0) is 12.5. The molecule has 0 spiro atoms. The van der Waals surface area contributed by atoms with Gasteiger partial charge in [0.1, 0.15) is 0 Å². The summed E-state index contributed by atoms with van der Waals surface area (Å²) in [7, 11) is 0. The molecule has 4 atom stereocenters. The van der Waals surface area contributed by atoms with Crippen LogP contribution in [0.1, 0.15) is 51.9 Å². The monoisotopic (exact) mass is 250 g/mol. The van der Waals surface area contributed by atoms with Gasteiger partial charge in [0.2, 0.25) is 5.91 Å². The smallest absolute Gasteiger partial charge is 0.224 e. The Hall–Kier alpha value is -0.570. The van der Waals surface area contributed by atoms with Crippen LogP contribution in [0.5, 0.6) is 0 Å². The molecule has 3 heteroatoms. The van der Waals surface area contributed by atoms with E-state index in [-0.39, 0.29) is 0 Å². The van der Waals surface area contributed by atoms with Crippen molar-refractivity contribution in [3.8, 4) is 0 Å². The molecule has 1 amide bonds. The van der Waals surface area contributed by atoms with E-state index in [1.54, 1.807) is 0 Å². The summed E-state index contributed by atoms with van der Waals surface area (Å²) in [6.07, 6.45) is 8.74. The second kappa shape index (κ2) is 5.20. The number of hydrogen-bond donors (Lipinski definition) is 1. The molecule has 1 saturated carbocycles. The third kappa shape index (κ3) is 2.29. The number of nitrogens with zero attached hydrogens (tertiary/aromatic N) is 1. The van der Waals surface area contributed by atoms with Gasteiger partial charge in [0.15, 0.2) is 0 Å². The van der Waals surface area contributed by atoms with Gasteiger partial charge in [-0.25, -0.2) is 0 Å². The quantitative estimate of drug-likeness (QED) is 0.832. The molecule has 2 saturated heterocycles. The molecule has 3 rings (SSSR count). The van der Waals surface area contributed by atoms with Gasteiger partial charge in [-0.3, -0.25) is 4.79 Å². The lowest BCUT2D eigenvalue weighted by molar-refractivity contribution is -0.127. The van der Waals surface area contributed by atoms with Gasteiger partial charge >= 0.3 is 0 Å². The van der Waals surface area contributed by atoms with E-state index in [1.165, 1.54) is 38.5 Å². The summed E-state index contributed by atoms with van der Waals surface area (Å²) in [5.41, 5.74) is 0. The summed E-state index contributed by atoms with van der Waals surface area (Å²) in [6.45, 7) is 4.53. The molecule has 3 aliphatic rings. The molecule has 0 aromatic rings. The van der Waals surface area contributed by atoms with Crippen molar-refractivity contribution in [1.82, 2.24) is 10.2 Å². The number of carbonyl (C=O) groups excluding carboxylic acids is 1. The lowest BCUT2D eigenvalue weighted by Crippen LogP contribution is -2.42. The van der Waals surface area contributed by atoms with Crippen LogP contribution in [-0.2, 0) is 4.79 Å². The van der Waals surface area contributed by atoms with Gasteiger partial charge in [-0.15, -0.1) is 0 Å². The lowest BCUT2D eigenvalue weighted by Gasteiger charge is -2.31. The number of amides is 1. The van der Waals surface area contributed by atoms with E-state index >= 15 is 0 Å². The molecule has 1 N–H and O–H groups in total. The van der Waals surface area contributed by atoms with Crippen LogP contribution in [0, 0.1) is 11.8 Å². The third-order valence-corrected chi connectivity index (χ3v) is 5.41. The highest BCUT2D eigenvalue weighted by Gasteiger charge is 2.42. The second-order valence-corrected chi connectivity index (χ2v) is 6.54. The Morgan fingerprint density at radius 2 is 2.06 bits per heavy atom. The van der Waals surface area contributed by atoms with Crippen LogP contribution in [0.3, 0.4) is 0 Å². The minimum absolute atomic E-state index is 0.381. The Morgan fingerprint density at radius 1 is 1.22 bits per heavy atom. The van der Waals surface area contributed by atoms with E-state index in [0.717, 1.165) is 31.3 Å². The fourth-order valence-corrected chi connectivity index (χ4v) is 4.17. The summed E-state index contributed by atoms with van der Waals surface area (Å²) >= 11 is 0. The highest BCUT2D eigenvalue weighted by Crippen LogP contribution is 2.31. The molecule has 2 heterocycles. The van der Waals surface area contributed by atoms with Gasteiger partial charge < -0.3 is 10.2 Å². The lowest BCUT2D eigenvalue weighted by atomic mass is 9.80. The topological polar surface area (TPSA) is 32.3 Å². The molecule has 3 nitrogen and oxygen atoms in total. The fraction of sp³-hybridized carbons (Fsp3) is 0.933. The highest BCUT2D eigenvalue weighted by molar-refractivity contribution is 5.80. The van der Waals surface area contributed by atoms with E-state index in [4.69, 9.17) is 0 Å². The number of nitrogens with one attached hydrogen (secondary N) is 1. The van der Waals surface area contributed by atoms with E-state index in [0.29, 0.717) is 18.0 Å². The number of carbonyl (C=O) groups is 1. The van der Waals surface area contributed by atoms with Gasteiger partial charge in [-0.05, 0) is 37.6 Å². The van der Waals surface area contributed by atoms with Crippen molar-refractivity contribution in [2.45, 2.75) is 64.0 Å². The molecule has 1 aliphatic carbocycles. The first-order valence-electron chi connectivity index (χ1n) is 7.78. The number of rotatable bonds is 3. The van der Waals surface area contributed by atoms with Crippen molar-refractivity contribution in [3.05, 3.63) is 0 Å². The van der Waals surface area contributed by atoms with Crippen molar-refractivity contribution in [3.63, 3.8) is 0 Å². The van der Waals surface area contributed by atoms with Crippen LogP contribution in [0.2, 0.25) is 0 Å². The summed E-state index contributed by atoms with van der Waals surface area (Å²) in [4.78, 5) is 14.0. The number of fused-ring (bicyclic) bond motifs is 1. The first-order valence-corrected chi connectivity index (χ1v) is 7.78. The van der Waals surface area contributed by atoms with Crippen molar-refractivity contribution in [1.29, 1.82) is 0 Å². The summed E-state index contributed by atoms with van der Waals surface area (Å²) in [6, 6.07) is 0.950. The first-order chi connectivity index (χ1) is 8.75. The maximum absolute atomic E-state index is 11.9. The maximum Gasteiger partial charge on any atom is 0.224 e. The van der Waals surface area contributed by atoms with E-state index < -0.39 is 0 Å². The summed E-state index contributed by atoms with van der Waals surface area (Å²) in [5, 5.41) is 3.72. The fourth-order valence-electron chi connectivity index (χ4n) is 4.17. The molecule has 0 aromatic heterocycles. The van der Waals surface area contributed by atoms with E-state index in [9.17, 15) is 4.79 Å². The Morgan fingerprint density at radius 3 is 2.89 bits per heavy atom. The van der Waals surface area contributed by atoms with Gasteiger partial charge in [-0.1, -0.05) is 26.2 Å². The average Bonchev–Trinajstić information content (AvgIpc) is 2.94. The normalized spacial score (nSPS) is 40.3. The molecule has 18 heavy (non-hydrogen) atoms. The molecular formula is C15H26N2O. The predicted molar refractivity (Wildman–Crippen MR) is 72.3 cm³/mol. The van der Waals surface area contributed by atoms with Gasteiger partial charge in [0, 0.05) is 25.0 Å². The second-order valence-electron chi connectivity index (χ2n) is 6.54. The average molecular weight is 250 g/mol. The van der Waals surface area contributed by atoms with Crippen LogP contribution in [-0.4, -0.2) is 36.0 Å². The zero-order valence-electron chi connectivity index (χ0n) is 11.5. The maximum atomic E-state index is 11.9. The van der Waals surface area contributed by atoms with Crippen LogP contribution >= 0.6 is 0 Å². The van der Waals surface area contributed by atoms with Crippen molar-refractivity contribution >= 4 is 5.91 Å². The zero-order valence-corrected chi connectivity index (χ0v) is 11.5. The van der Waals surface area contributed by atoms with Gasteiger partial charge in [0.05, 0.1) is 0 Å². The number of hydrogen-bond acceptors (Lipinski definition) is 2. The highest BCUT2D eigenvalue weighted by atomic mass is 16.2. The molecule has 2 aliphatic heterocycles. The molecule has 0 bridgehead atoms. The summed E-state index contributed by atoms with van der Waals surface area (Å²) < 4.78 is 0. The predicted octanol–water partition coefficient (Wildman–Crippen LogP) is 2.17. The van der Waals surface area contributed by atoms with E-state index in [2.05, 4.69) is 17.1 Å². The van der Waals surface area contributed by atoms with Crippen LogP contribution in [0.25, 0.3) is 0 Å². The van der Waals surface area contributed by atoms with Gasteiger partial charge in [0.25, 0.3) is 0 Å². The van der Waals surface area contributed by atoms with Crippen LogP contribution < -0.4 is 5.32 Å². The third-order valence-electron chi connectivity index (χ3n) is 5.41. The van der Waals surface area contributed by atoms with E-state index in [1.807, 2.05) is 0 Å². The standard InChI is InChI=1S/C15H26N2O/c1-11-5-2-3-6-12(11)10-16-13-9-15(18)17-8-4-7-14(13)17/h11-14,16H,2-10H2,1H3. The van der Waals surface area contributed by atoms with Crippen molar-refractivity contribution in [2.75, 3.05) is 13.1 Å². The molecule has 4 unspecified atom stereocenters. The summed E-state index contributed by atoms with van der Waals surface area (Å²) in [5.74, 6) is 2.08. The molecule has 0 aromatic carbocycles. The first kappa shape index (κ1) is 12.5. The molecule has 3 fully saturated rings. The van der Waals surface area contributed by atoms with Gasteiger partial charge in [-0.2, -0.15) is 0 Å². The van der Waals surface area contributed by atoms with Crippen molar-refractivity contribution < 1.29 is 4.79 Å². The Kier molecular flexibility index (Phi) is 3.60. The Labute approximate surface area is 110 Å². The SMILES string of the molecule is CC1CCCCC1CNC1CC(=O)N2CCCC12. The molecule has 0 radical (unpaired) electrons. The van der Waals surface area contributed by atoms with Crippen LogP contribution in [0.4, 0.5) is 0 Å². The van der Waals surface area contributed by atoms with Crippen molar-refractivity contribution in [2.24, 2.45) is 11.8 Å². The Bertz CT molecular complexity index is 318. The molecule has 102 valence electrons. The Balaban J connectivity index is 1.52.